The summed E-state index contributed by atoms with van der Waals surface area (Å²) in [5.41, 5.74) is 0.690. The monoisotopic (exact) mass is 439 g/mol. The second-order valence-electron chi connectivity index (χ2n) is 7.32. The SMILES string of the molecule is CC(C)c1cnc(Nc2nc(/C=C/c3cccc(F)c3)nc(N3CCNC(=O)C3)n2)s1. The molecule has 0 bridgehead atoms. The molecule has 0 atom stereocenters. The van der Waals surface area contributed by atoms with Gasteiger partial charge in [0, 0.05) is 24.2 Å². The molecule has 1 aliphatic rings. The van der Waals surface area contributed by atoms with E-state index in [9.17, 15) is 9.18 Å². The summed E-state index contributed by atoms with van der Waals surface area (Å²) in [7, 11) is 0. The number of hydrogen-bond donors (Lipinski definition) is 2. The zero-order valence-electron chi connectivity index (χ0n) is 17.2. The molecule has 10 heteroatoms. The van der Waals surface area contributed by atoms with Crippen molar-refractivity contribution in [3.8, 4) is 0 Å². The van der Waals surface area contributed by atoms with E-state index in [1.807, 2.05) is 6.20 Å². The van der Waals surface area contributed by atoms with Gasteiger partial charge in [-0.15, -0.1) is 11.3 Å². The van der Waals surface area contributed by atoms with Gasteiger partial charge in [0.25, 0.3) is 0 Å². The average Bonchev–Trinajstić information content (AvgIpc) is 3.21. The quantitative estimate of drug-likeness (QED) is 0.607. The van der Waals surface area contributed by atoms with Crippen LogP contribution in [0.1, 0.15) is 36.0 Å². The highest BCUT2D eigenvalue weighted by atomic mass is 32.1. The summed E-state index contributed by atoms with van der Waals surface area (Å²) in [4.78, 5) is 32.6. The van der Waals surface area contributed by atoms with Crippen LogP contribution in [-0.4, -0.2) is 45.5 Å². The number of hydrogen-bond acceptors (Lipinski definition) is 8. The highest BCUT2D eigenvalue weighted by molar-refractivity contribution is 7.15. The Labute approximate surface area is 183 Å². The van der Waals surface area contributed by atoms with E-state index in [0.717, 1.165) is 4.88 Å². The fourth-order valence-electron chi connectivity index (χ4n) is 2.95. The highest BCUT2D eigenvalue weighted by Gasteiger charge is 2.20. The number of nitrogens with one attached hydrogen (secondary N) is 2. The molecule has 1 aromatic carbocycles. The van der Waals surface area contributed by atoms with Gasteiger partial charge < -0.3 is 10.2 Å². The zero-order valence-corrected chi connectivity index (χ0v) is 18.0. The minimum atomic E-state index is -0.315. The number of halogens is 1. The van der Waals surface area contributed by atoms with Gasteiger partial charge in [-0.3, -0.25) is 10.1 Å². The lowest BCUT2D eigenvalue weighted by Crippen LogP contribution is -2.48. The molecule has 0 spiro atoms. The van der Waals surface area contributed by atoms with Gasteiger partial charge in [-0.1, -0.05) is 32.1 Å². The van der Waals surface area contributed by atoms with Crippen LogP contribution in [0.25, 0.3) is 12.2 Å². The molecule has 0 unspecified atom stereocenters. The third kappa shape index (κ3) is 5.40. The summed E-state index contributed by atoms with van der Waals surface area (Å²) < 4.78 is 13.5. The zero-order chi connectivity index (χ0) is 21.8. The molecule has 1 aliphatic heterocycles. The van der Waals surface area contributed by atoms with Crippen LogP contribution in [0.2, 0.25) is 0 Å². The summed E-state index contributed by atoms with van der Waals surface area (Å²) >= 11 is 1.54. The summed E-state index contributed by atoms with van der Waals surface area (Å²) in [6.45, 7) is 5.50. The molecule has 1 amide bonds. The molecule has 0 radical (unpaired) electrons. The minimum absolute atomic E-state index is 0.0838. The third-order valence-electron chi connectivity index (χ3n) is 4.55. The third-order valence-corrected chi connectivity index (χ3v) is 5.76. The van der Waals surface area contributed by atoms with Gasteiger partial charge in [0.05, 0.1) is 6.54 Å². The maximum Gasteiger partial charge on any atom is 0.239 e. The molecule has 160 valence electrons. The molecule has 3 aromatic rings. The largest absolute Gasteiger partial charge is 0.353 e. The fraction of sp³-hybridized carbons (Fsp3) is 0.286. The van der Waals surface area contributed by atoms with Crippen molar-refractivity contribution in [3.63, 3.8) is 0 Å². The van der Waals surface area contributed by atoms with Crippen molar-refractivity contribution >= 4 is 46.4 Å². The number of anilines is 3. The van der Waals surface area contributed by atoms with E-state index in [1.54, 1.807) is 29.2 Å². The molecule has 0 saturated carbocycles. The van der Waals surface area contributed by atoms with Gasteiger partial charge in [0.1, 0.15) is 5.82 Å². The molecule has 2 aromatic heterocycles. The van der Waals surface area contributed by atoms with Crippen molar-refractivity contribution in [3.05, 3.63) is 52.5 Å². The molecule has 3 heterocycles. The van der Waals surface area contributed by atoms with Crippen LogP contribution in [0.3, 0.4) is 0 Å². The van der Waals surface area contributed by atoms with E-state index in [-0.39, 0.29) is 18.3 Å². The molecule has 8 nitrogen and oxygen atoms in total. The Balaban J connectivity index is 1.64. The predicted octanol–water partition coefficient (Wildman–Crippen LogP) is 3.44. The fourth-order valence-corrected chi connectivity index (χ4v) is 3.76. The first kappa shape index (κ1) is 20.9. The van der Waals surface area contributed by atoms with Crippen LogP contribution in [0, 0.1) is 5.82 Å². The summed E-state index contributed by atoms with van der Waals surface area (Å²) in [5.74, 6) is 1.10. The van der Waals surface area contributed by atoms with Gasteiger partial charge >= 0.3 is 0 Å². The van der Waals surface area contributed by atoms with Crippen molar-refractivity contribution in [2.75, 3.05) is 29.9 Å². The second kappa shape index (κ2) is 9.17. The smallest absolute Gasteiger partial charge is 0.239 e. The number of carbonyl (C=O) groups excluding carboxylic acids is 1. The van der Waals surface area contributed by atoms with Crippen molar-refractivity contribution in [2.24, 2.45) is 0 Å². The Morgan fingerprint density at radius 3 is 2.87 bits per heavy atom. The van der Waals surface area contributed by atoms with E-state index in [0.29, 0.717) is 47.4 Å². The van der Waals surface area contributed by atoms with E-state index < -0.39 is 0 Å². The van der Waals surface area contributed by atoms with Gasteiger partial charge in [0.15, 0.2) is 11.0 Å². The molecular formula is C21H22FN7OS. The molecule has 2 N–H and O–H groups in total. The van der Waals surface area contributed by atoms with Crippen molar-refractivity contribution in [2.45, 2.75) is 19.8 Å². The van der Waals surface area contributed by atoms with Gasteiger partial charge in [-0.05, 0) is 29.7 Å². The number of nitrogens with zero attached hydrogens (tertiary/aromatic N) is 5. The molecule has 0 aliphatic carbocycles. The van der Waals surface area contributed by atoms with Crippen molar-refractivity contribution in [1.82, 2.24) is 25.3 Å². The number of rotatable bonds is 6. The van der Waals surface area contributed by atoms with E-state index in [4.69, 9.17) is 0 Å². The topological polar surface area (TPSA) is 95.9 Å². The number of thiazole rings is 1. The van der Waals surface area contributed by atoms with Crippen LogP contribution in [0.15, 0.2) is 30.5 Å². The van der Waals surface area contributed by atoms with E-state index in [2.05, 4.69) is 44.4 Å². The minimum Gasteiger partial charge on any atom is -0.353 e. The van der Waals surface area contributed by atoms with E-state index >= 15 is 0 Å². The molecule has 1 fully saturated rings. The van der Waals surface area contributed by atoms with E-state index in [1.165, 1.54) is 23.5 Å². The second-order valence-corrected chi connectivity index (χ2v) is 8.39. The number of amides is 1. The first-order valence-corrected chi connectivity index (χ1v) is 10.7. The van der Waals surface area contributed by atoms with Gasteiger partial charge in [-0.25, -0.2) is 9.37 Å². The van der Waals surface area contributed by atoms with Gasteiger partial charge in [-0.2, -0.15) is 15.0 Å². The summed E-state index contributed by atoms with van der Waals surface area (Å²) in [5, 5.41) is 6.61. The average molecular weight is 440 g/mol. The molecular weight excluding hydrogens is 417 g/mol. The Hall–Kier alpha value is -3.40. The first-order valence-electron chi connectivity index (χ1n) is 9.90. The number of piperazine rings is 1. The Morgan fingerprint density at radius 1 is 1.26 bits per heavy atom. The van der Waals surface area contributed by atoms with Crippen molar-refractivity contribution in [1.29, 1.82) is 0 Å². The first-order chi connectivity index (χ1) is 15.0. The Bertz CT molecular complexity index is 1110. The molecule has 31 heavy (non-hydrogen) atoms. The Morgan fingerprint density at radius 2 is 2.13 bits per heavy atom. The highest BCUT2D eigenvalue weighted by Crippen LogP contribution is 2.27. The number of benzene rings is 1. The maximum atomic E-state index is 13.5. The lowest BCUT2D eigenvalue weighted by atomic mass is 10.2. The normalized spacial score (nSPS) is 14.3. The molecule has 1 saturated heterocycles. The maximum absolute atomic E-state index is 13.5. The van der Waals surface area contributed by atoms with Crippen LogP contribution in [-0.2, 0) is 4.79 Å². The number of aromatic nitrogens is 4. The summed E-state index contributed by atoms with van der Waals surface area (Å²) in [6.07, 6.45) is 5.26. The lowest BCUT2D eigenvalue weighted by molar-refractivity contribution is -0.120. The standard InChI is InChI=1S/C21H22FN7OS/c1-13(2)16-11-24-21(31-16)28-19-25-17(7-6-14-4-3-5-15(22)10-14)26-20(27-19)29-9-8-23-18(30)12-29/h3-7,10-11,13H,8-9,12H2,1-2H3,(H,23,30)(H,24,25,26,27,28)/b7-6+. The molecule has 4 rings (SSSR count). The number of carbonyl (C=O) groups is 1. The van der Waals surface area contributed by atoms with Crippen LogP contribution < -0.4 is 15.5 Å². The van der Waals surface area contributed by atoms with Crippen LogP contribution >= 0.6 is 11.3 Å². The van der Waals surface area contributed by atoms with Crippen LogP contribution in [0.4, 0.5) is 21.4 Å². The van der Waals surface area contributed by atoms with Crippen LogP contribution in [0.5, 0.6) is 0 Å². The lowest BCUT2D eigenvalue weighted by Gasteiger charge is -2.26. The predicted molar refractivity (Wildman–Crippen MR) is 120 cm³/mol. The van der Waals surface area contributed by atoms with Gasteiger partial charge in [0.2, 0.25) is 17.8 Å². The Kier molecular flexibility index (Phi) is 6.17. The summed E-state index contributed by atoms with van der Waals surface area (Å²) in [6, 6.07) is 6.25. The van der Waals surface area contributed by atoms with Crippen molar-refractivity contribution < 1.29 is 9.18 Å².